The maximum absolute atomic E-state index is 17.0. The fourth-order valence-electron chi connectivity index (χ4n) is 7.31. The van der Waals surface area contributed by atoms with Crippen molar-refractivity contribution in [3.63, 3.8) is 0 Å². The molecule has 7 rings (SSSR count). The second-order valence-corrected chi connectivity index (χ2v) is 16.4. The Hall–Kier alpha value is -4.94. The monoisotopic (exact) mass is 790 g/mol. The van der Waals surface area contributed by atoms with Crippen molar-refractivity contribution < 1.29 is 46.8 Å². The van der Waals surface area contributed by atoms with Crippen LogP contribution < -0.4 is 21.5 Å². The van der Waals surface area contributed by atoms with E-state index in [2.05, 4.69) is 20.3 Å². The number of hydrogen-bond acceptors (Lipinski definition) is 11. The van der Waals surface area contributed by atoms with E-state index in [1.54, 1.807) is 6.07 Å². The van der Waals surface area contributed by atoms with Crippen LogP contribution in [0.5, 0.6) is 11.8 Å². The van der Waals surface area contributed by atoms with Gasteiger partial charge in [0, 0.05) is 29.5 Å². The Morgan fingerprint density at radius 2 is 1.91 bits per heavy atom. The van der Waals surface area contributed by atoms with Gasteiger partial charge >= 0.3 is 16.2 Å². The fraction of sp³-hybridized carbons (Fsp3) is 0.312. The normalized spacial score (nSPS) is 21.0. The summed E-state index contributed by atoms with van der Waals surface area (Å²) in [7, 11) is -11.2. The highest BCUT2D eigenvalue weighted by Crippen LogP contribution is 3.04. The van der Waals surface area contributed by atoms with Crippen molar-refractivity contribution >= 4 is 59.2 Å². The minimum absolute atomic E-state index is 0.0622. The number of aromatic hydroxyl groups is 1. The lowest BCUT2D eigenvalue weighted by atomic mass is 9.95. The van der Waals surface area contributed by atoms with Gasteiger partial charge in [-0.1, -0.05) is 25.5 Å². The number of phenolic OH excluding ortho intramolecular Hbond substituents is 1. The van der Waals surface area contributed by atoms with Gasteiger partial charge in [-0.2, -0.15) is 15.2 Å². The van der Waals surface area contributed by atoms with Gasteiger partial charge in [0.15, 0.2) is 16.5 Å². The number of alkyl halides is 1. The summed E-state index contributed by atoms with van der Waals surface area (Å²) in [5.74, 6) is -7.41. The average Bonchev–Trinajstić information content (AvgIpc) is 3.71. The van der Waals surface area contributed by atoms with Crippen molar-refractivity contribution in [2.45, 2.75) is 48.8 Å². The molecule has 53 heavy (non-hydrogen) atoms. The molecule has 2 aliphatic heterocycles. The molecule has 5 aromatic rings. The molecular weight excluding hydrogens is 764 g/mol. The molecule has 0 aliphatic carbocycles. The Balaban J connectivity index is 1.53. The number of ether oxygens (including phenoxy) is 1. The van der Waals surface area contributed by atoms with Gasteiger partial charge in [0.25, 0.3) is 0 Å². The van der Waals surface area contributed by atoms with Crippen molar-refractivity contribution in [3.8, 4) is 29.0 Å². The van der Waals surface area contributed by atoms with Gasteiger partial charge in [-0.05, 0) is 44.0 Å². The minimum Gasteiger partial charge on any atom is -0.506 e. The van der Waals surface area contributed by atoms with Crippen LogP contribution in [0.15, 0.2) is 29.3 Å². The summed E-state index contributed by atoms with van der Waals surface area (Å²) in [6.07, 6.45) is 0.831. The molecule has 0 spiro atoms. The predicted octanol–water partition coefficient (Wildman–Crippen LogP) is 8.85. The SMILES string of the molecule is C[C@@H](Nc1nc(OC[C@@]23CCCN2CC(F)C3)nc2c(F)c(-c3ccc(F)c4sc(N)c(C#N)c34)c(S(F)(F)(F)(F)F)c(O)c12)c1cc(F)cnc1N. The summed E-state index contributed by atoms with van der Waals surface area (Å²) < 4.78 is 142. The van der Waals surface area contributed by atoms with E-state index in [0.717, 1.165) is 12.3 Å². The fourth-order valence-corrected chi connectivity index (χ4v) is 9.31. The third-order valence-electron chi connectivity index (χ3n) is 9.55. The molecule has 3 aromatic heterocycles. The quantitative estimate of drug-likeness (QED) is 0.112. The molecule has 5 heterocycles. The molecule has 6 N–H and O–H groups in total. The molecule has 2 aromatic carbocycles. The van der Waals surface area contributed by atoms with Crippen LogP contribution in [0.1, 0.15) is 43.4 Å². The Kier molecular flexibility index (Phi) is 7.92. The second kappa shape index (κ2) is 11.5. The van der Waals surface area contributed by atoms with E-state index in [0.29, 0.717) is 42.9 Å². The van der Waals surface area contributed by atoms with Crippen LogP contribution in [0.4, 0.5) is 53.6 Å². The molecule has 2 fully saturated rings. The molecule has 282 valence electrons. The van der Waals surface area contributed by atoms with Crippen LogP contribution in [0.25, 0.3) is 32.1 Å². The first-order valence-electron chi connectivity index (χ1n) is 15.7. The first kappa shape index (κ1) is 36.4. The van der Waals surface area contributed by atoms with E-state index in [1.807, 2.05) is 4.90 Å². The lowest BCUT2D eigenvalue weighted by Gasteiger charge is -2.42. The van der Waals surface area contributed by atoms with E-state index in [4.69, 9.17) is 16.2 Å². The molecule has 0 amide bonds. The van der Waals surface area contributed by atoms with E-state index in [-0.39, 0.29) is 31.0 Å². The highest BCUT2D eigenvalue weighted by atomic mass is 32.5. The summed E-state index contributed by atoms with van der Waals surface area (Å²) >= 11 is 0.409. The highest BCUT2D eigenvalue weighted by molar-refractivity contribution is 8.46. The van der Waals surface area contributed by atoms with E-state index in [1.165, 1.54) is 6.92 Å². The van der Waals surface area contributed by atoms with Crippen LogP contribution in [0.2, 0.25) is 0 Å². The Morgan fingerprint density at radius 3 is 2.60 bits per heavy atom. The molecule has 21 heteroatoms. The number of thiophene rings is 1. The van der Waals surface area contributed by atoms with E-state index < -0.39 is 111 Å². The average molecular weight is 791 g/mol. The van der Waals surface area contributed by atoms with Crippen molar-refractivity contribution in [1.82, 2.24) is 19.9 Å². The summed E-state index contributed by atoms with van der Waals surface area (Å²) in [6, 6.07) is 1.66. The van der Waals surface area contributed by atoms with Gasteiger partial charge in [0.1, 0.15) is 52.6 Å². The van der Waals surface area contributed by atoms with Crippen molar-refractivity contribution in [2.24, 2.45) is 0 Å². The van der Waals surface area contributed by atoms with Gasteiger partial charge in [0.2, 0.25) is 0 Å². The first-order chi connectivity index (χ1) is 24.6. The number of nitriles is 1. The van der Waals surface area contributed by atoms with Gasteiger partial charge in [-0.25, -0.2) is 22.5 Å². The summed E-state index contributed by atoms with van der Waals surface area (Å²) in [4.78, 5) is 10.4. The molecule has 2 aliphatic rings. The predicted molar refractivity (Wildman–Crippen MR) is 182 cm³/mol. The largest absolute Gasteiger partial charge is 0.506 e. The second-order valence-electron chi connectivity index (χ2n) is 13.0. The van der Waals surface area contributed by atoms with Crippen LogP contribution in [0.3, 0.4) is 0 Å². The first-order valence-corrected chi connectivity index (χ1v) is 18.5. The minimum atomic E-state index is -11.2. The number of aromatic nitrogens is 3. The summed E-state index contributed by atoms with van der Waals surface area (Å²) in [5.41, 5.74) is 5.99. The van der Waals surface area contributed by atoms with E-state index in [9.17, 15) is 23.5 Å². The lowest BCUT2D eigenvalue weighted by molar-refractivity contribution is 0.107. The number of phenols is 1. The Bertz CT molecular complexity index is 2410. The zero-order valence-electron chi connectivity index (χ0n) is 27.2. The number of anilines is 3. The number of nitrogens with one attached hydrogen (secondary N) is 1. The maximum Gasteiger partial charge on any atom is 0.319 e. The zero-order valence-corrected chi connectivity index (χ0v) is 28.8. The molecule has 10 nitrogen and oxygen atoms in total. The number of halogens is 9. The van der Waals surface area contributed by atoms with E-state index >= 15 is 23.8 Å². The summed E-state index contributed by atoms with van der Waals surface area (Å²) in [6.45, 7) is 1.70. The van der Waals surface area contributed by atoms with Crippen LogP contribution in [-0.4, -0.2) is 56.4 Å². The number of nitrogens with zero attached hydrogens (tertiary/aromatic N) is 5. The Labute approximate surface area is 297 Å². The third kappa shape index (κ3) is 6.11. The molecule has 3 atom stereocenters. The number of hydrogen-bond donors (Lipinski definition) is 4. The van der Waals surface area contributed by atoms with Crippen molar-refractivity contribution in [1.29, 1.82) is 5.26 Å². The Morgan fingerprint density at radius 1 is 1.17 bits per heavy atom. The molecule has 2 saturated heterocycles. The molecule has 0 bridgehead atoms. The number of benzene rings is 2. The molecule has 0 radical (unpaired) electrons. The lowest BCUT2D eigenvalue weighted by Crippen LogP contribution is -2.43. The standard InChI is InChI=1S/C32H27F9N8O2S2/c1-13(17-7-14(33)10-45-28(17)43)46-30-22-24(47-31(48-30)51-12-32-5-2-6-49(32)11-15(34)8-32)23(36)21(27(25(22)50)53(37,38,39,40)41)16-3-4-19(35)26-20(16)18(9-42)29(44)52-26/h3-4,7,10,13,15,50H,2,5-6,8,11-12,44H2,1H3,(H2,43,45)(H,46,47,48)/t13-,15?,32+/m1/s1. The summed E-state index contributed by atoms with van der Waals surface area (Å²) in [5, 5.41) is 21.2. The number of nitrogen functional groups attached to an aromatic ring is 2. The zero-order chi connectivity index (χ0) is 38.5. The van der Waals surface area contributed by atoms with Crippen LogP contribution >= 0.6 is 21.6 Å². The van der Waals surface area contributed by atoms with Gasteiger partial charge < -0.3 is 26.6 Å². The van der Waals surface area contributed by atoms with Gasteiger partial charge in [-0.3, -0.25) is 4.90 Å². The van der Waals surface area contributed by atoms with Crippen LogP contribution in [-0.2, 0) is 0 Å². The van der Waals surface area contributed by atoms with Crippen molar-refractivity contribution in [3.05, 3.63) is 53.0 Å². The number of pyridine rings is 1. The third-order valence-corrected chi connectivity index (χ3v) is 11.7. The highest BCUT2D eigenvalue weighted by Gasteiger charge is 2.69. The van der Waals surface area contributed by atoms with Gasteiger partial charge in [-0.15, -0.1) is 11.3 Å². The smallest absolute Gasteiger partial charge is 0.319 e. The maximum atomic E-state index is 17.0. The molecule has 1 unspecified atom stereocenters. The number of fused-ring (bicyclic) bond motifs is 3. The number of nitrogens with two attached hydrogens (primary N) is 2. The van der Waals surface area contributed by atoms with Crippen LogP contribution in [0, 0.1) is 28.8 Å². The topological polar surface area (TPSA) is 159 Å². The molecular formula is C32H27F9N8O2S2. The number of rotatable bonds is 8. The molecule has 0 saturated carbocycles. The van der Waals surface area contributed by atoms with Gasteiger partial charge in [0.05, 0.1) is 33.4 Å². The van der Waals surface area contributed by atoms with Crippen molar-refractivity contribution in [2.75, 3.05) is 36.5 Å².